The fraction of sp³-hybridized carbons (Fsp3) is 0.200. The van der Waals surface area contributed by atoms with E-state index < -0.39 is 44.2 Å². The summed E-state index contributed by atoms with van der Waals surface area (Å²) in [5.41, 5.74) is 0.901. The Kier molecular flexibility index (Phi) is 6.30. The van der Waals surface area contributed by atoms with Crippen molar-refractivity contribution >= 4 is 27.7 Å². The Morgan fingerprint density at radius 2 is 1.73 bits per heavy atom. The van der Waals surface area contributed by atoms with Gasteiger partial charge in [-0.05, 0) is 11.1 Å². The molecule has 1 amide bonds. The number of hydrogen-bond donors (Lipinski definition) is 1. The first kappa shape index (κ1) is 24.3. The Labute approximate surface area is 211 Å². The summed E-state index contributed by atoms with van der Waals surface area (Å²) in [6.45, 7) is 0. The van der Waals surface area contributed by atoms with Gasteiger partial charge in [0.1, 0.15) is 11.6 Å². The first-order chi connectivity index (χ1) is 17.9. The van der Waals surface area contributed by atoms with Crippen LogP contribution in [-0.4, -0.2) is 65.1 Å². The molecule has 2 atom stereocenters. The average molecular weight is 521 g/mol. The molecule has 3 aromatic rings. The van der Waals surface area contributed by atoms with Crippen LogP contribution in [0.2, 0.25) is 0 Å². The number of fused-ring (bicyclic) bond motifs is 1. The number of aromatic amines is 1. The number of carbonyl (C=O) groups excluding carboxylic acids is 3. The van der Waals surface area contributed by atoms with Crippen molar-refractivity contribution in [3.05, 3.63) is 99.9 Å². The number of amides is 1. The van der Waals surface area contributed by atoms with E-state index in [2.05, 4.69) is 15.4 Å². The third kappa shape index (κ3) is 4.06. The maximum absolute atomic E-state index is 13.8. The van der Waals surface area contributed by atoms with E-state index in [9.17, 15) is 22.8 Å². The zero-order valence-electron chi connectivity index (χ0n) is 19.4. The number of H-pyrrole nitrogens is 1. The molecule has 11 nitrogen and oxygen atoms in total. The molecular formula is C25H20N4O7S. The third-order valence-electron chi connectivity index (χ3n) is 6.19. The highest BCUT2D eigenvalue weighted by atomic mass is 32.2. The number of hydrogen-bond acceptors (Lipinski definition) is 9. The lowest BCUT2D eigenvalue weighted by Gasteiger charge is -2.48. The molecule has 0 radical (unpaired) electrons. The summed E-state index contributed by atoms with van der Waals surface area (Å²) in [6, 6.07) is 17.9. The molecule has 1 saturated heterocycles. The second-order valence-electron chi connectivity index (χ2n) is 8.30. The molecule has 0 spiro atoms. The van der Waals surface area contributed by atoms with Crippen LogP contribution in [0.15, 0.2) is 83.0 Å². The van der Waals surface area contributed by atoms with E-state index in [1.807, 2.05) is 12.1 Å². The summed E-state index contributed by atoms with van der Waals surface area (Å²) < 4.78 is 37.6. The topological polar surface area (TPSA) is 149 Å². The fourth-order valence-electron chi connectivity index (χ4n) is 4.48. The van der Waals surface area contributed by atoms with Gasteiger partial charge in [-0.25, -0.2) is 18.0 Å². The fourth-order valence-corrected chi connectivity index (χ4v) is 6.39. The number of ether oxygens (including phenoxy) is 2. The molecule has 1 aromatic heterocycles. The smallest absolute Gasteiger partial charge is 0.356 e. The number of nitrogens with one attached hydrogen (secondary N) is 1. The molecule has 2 aromatic carbocycles. The number of esters is 1. The summed E-state index contributed by atoms with van der Waals surface area (Å²) in [5, 5.41) is 8.38. The molecule has 0 unspecified atom stereocenters. The van der Waals surface area contributed by atoms with Gasteiger partial charge in [0.2, 0.25) is 9.84 Å². The van der Waals surface area contributed by atoms with Crippen molar-refractivity contribution in [3.63, 3.8) is 0 Å². The standard InChI is InChI=1S/C25H20N4O7S/c1-35-22-23(31)29-20(18(12-17-13-26-28-27-17)19(14-30)37(33,34)24(22)29)25(32)36-21(15-8-4-2-5-9-15)16-10-6-3-7-11-16/h2-11,13,21-22,24H,12H2,1H3,(H,26,27,28)/t22-,24-/m0/s1. The number of sulfone groups is 1. The Hall–Kier alpha value is -4.38. The Bertz CT molecular complexity index is 1490. The largest absolute Gasteiger partial charge is 0.448 e. The number of rotatable bonds is 7. The molecule has 1 N–H and O–H groups in total. The van der Waals surface area contributed by atoms with Gasteiger partial charge in [-0.15, -0.1) is 0 Å². The quantitative estimate of drug-likeness (QED) is 0.276. The van der Waals surface area contributed by atoms with E-state index in [-0.39, 0.29) is 23.4 Å². The van der Waals surface area contributed by atoms with Crippen LogP contribution in [-0.2, 0) is 40.1 Å². The molecule has 2 aliphatic heterocycles. The maximum atomic E-state index is 13.8. The van der Waals surface area contributed by atoms with Crippen LogP contribution in [0.5, 0.6) is 0 Å². The van der Waals surface area contributed by atoms with Gasteiger partial charge in [-0.1, -0.05) is 60.7 Å². The SMILES string of the molecule is CO[C@H]1C(=O)N2C(C(=O)OC(c3ccccc3)c3ccccc3)=C(Cc3cn[nH]n3)C(=C=O)S(=O)(=O)[C@@H]12. The number of nitrogens with zero attached hydrogens (tertiary/aromatic N) is 3. The van der Waals surface area contributed by atoms with Crippen molar-refractivity contribution in [2.24, 2.45) is 0 Å². The lowest BCUT2D eigenvalue weighted by atomic mass is 9.99. The van der Waals surface area contributed by atoms with Gasteiger partial charge in [0.05, 0.1) is 11.9 Å². The Morgan fingerprint density at radius 3 is 2.24 bits per heavy atom. The molecule has 1 fully saturated rings. The zero-order valence-corrected chi connectivity index (χ0v) is 20.2. The van der Waals surface area contributed by atoms with E-state index in [0.29, 0.717) is 11.1 Å². The van der Waals surface area contributed by atoms with Crippen LogP contribution in [0.1, 0.15) is 22.9 Å². The second-order valence-corrected chi connectivity index (χ2v) is 10.3. The normalized spacial score (nSPS) is 20.3. The second kappa shape index (κ2) is 9.58. The summed E-state index contributed by atoms with van der Waals surface area (Å²) >= 11 is 0. The molecule has 5 rings (SSSR count). The molecular weight excluding hydrogens is 500 g/mol. The average Bonchev–Trinajstić information content (AvgIpc) is 3.42. The summed E-state index contributed by atoms with van der Waals surface area (Å²) in [4.78, 5) is 38.8. The van der Waals surface area contributed by atoms with Gasteiger partial charge in [0, 0.05) is 19.1 Å². The van der Waals surface area contributed by atoms with Crippen LogP contribution in [0.25, 0.3) is 0 Å². The number of benzene rings is 2. The minimum atomic E-state index is -4.41. The van der Waals surface area contributed by atoms with Crippen LogP contribution < -0.4 is 0 Å². The van der Waals surface area contributed by atoms with Crippen molar-refractivity contribution in [1.82, 2.24) is 20.3 Å². The third-order valence-corrected chi connectivity index (χ3v) is 8.18. The number of methoxy groups -OCH3 is 1. The van der Waals surface area contributed by atoms with Crippen molar-refractivity contribution in [2.45, 2.75) is 24.0 Å². The van der Waals surface area contributed by atoms with Crippen LogP contribution >= 0.6 is 0 Å². The van der Waals surface area contributed by atoms with E-state index >= 15 is 0 Å². The molecule has 0 bridgehead atoms. The van der Waals surface area contributed by atoms with Gasteiger partial charge in [-0.2, -0.15) is 15.4 Å². The molecule has 2 aliphatic rings. The predicted octanol–water partition coefficient (Wildman–Crippen LogP) is 1.26. The van der Waals surface area contributed by atoms with E-state index in [0.717, 1.165) is 4.90 Å². The summed E-state index contributed by atoms with van der Waals surface area (Å²) in [5.74, 6) is -0.279. The van der Waals surface area contributed by atoms with E-state index in [1.54, 1.807) is 48.5 Å². The van der Waals surface area contributed by atoms with E-state index in [4.69, 9.17) is 9.47 Å². The molecule has 37 heavy (non-hydrogen) atoms. The Morgan fingerprint density at radius 1 is 1.11 bits per heavy atom. The maximum Gasteiger partial charge on any atom is 0.356 e. The van der Waals surface area contributed by atoms with Gasteiger partial charge >= 0.3 is 5.97 Å². The van der Waals surface area contributed by atoms with Crippen molar-refractivity contribution in [3.8, 4) is 0 Å². The predicted molar refractivity (Wildman–Crippen MR) is 127 cm³/mol. The van der Waals surface area contributed by atoms with Crippen LogP contribution in [0.4, 0.5) is 0 Å². The molecule has 0 aliphatic carbocycles. The molecule has 12 heteroatoms. The summed E-state index contributed by atoms with van der Waals surface area (Å²) in [6.07, 6.45) is -1.25. The van der Waals surface area contributed by atoms with Gasteiger partial charge < -0.3 is 9.47 Å². The van der Waals surface area contributed by atoms with Crippen molar-refractivity contribution in [2.75, 3.05) is 7.11 Å². The molecule has 188 valence electrons. The number of β-lactam (4-membered cyclic amide) rings is 1. The van der Waals surface area contributed by atoms with Crippen molar-refractivity contribution in [1.29, 1.82) is 0 Å². The monoisotopic (exact) mass is 520 g/mol. The van der Waals surface area contributed by atoms with Crippen LogP contribution in [0, 0.1) is 0 Å². The lowest BCUT2D eigenvalue weighted by Crippen LogP contribution is -2.70. The summed E-state index contributed by atoms with van der Waals surface area (Å²) in [7, 11) is -3.24. The zero-order chi connectivity index (χ0) is 26.2. The molecule has 0 saturated carbocycles. The first-order valence-electron chi connectivity index (χ1n) is 11.1. The highest BCUT2D eigenvalue weighted by molar-refractivity contribution is 7.96. The first-order valence-corrected chi connectivity index (χ1v) is 12.7. The number of carbonyl (C=O) groups is 2. The lowest BCUT2D eigenvalue weighted by molar-refractivity contribution is -0.164. The highest BCUT2D eigenvalue weighted by Crippen LogP contribution is 2.44. The minimum Gasteiger partial charge on any atom is -0.448 e. The van der Waals surface area contributed by atoms with Gasteiger partial charge in [0.15, 0.2) is 22.5 Å². The highest BCUT2D eigenvalue weighted by Gasteiger charge is 2.63. The van der Waals surface area contributed by atoms with Gasteiger partial charge in [-0.3, -0.25) is 9.69 Å². The number of aromatic nitrogens is 3. The number of allylic oxidation sites excluding steroid dienone is 1. The minimum absolute atomic E-state index is 0.237. The van der Waals surface area contributed by atoms with Crippen molar-refractivity contribution < 1.29 is 32.3 Å². The van der Waals surface area contributed by atoms with Gasteiger partial charge in [0.25, 0.3) is 5.91 Å². The van der Waals surface area contributed by atoms with E-state index in [1.165, 1.54) is 19.2 Å². The van der Waals surface area contributed by atoms with Crippen LogP contribution in [0.3, 0.4) is 0 Å². The Balaban J connectivity index is 1.65. The molecule has 3 heterocycles.